The second-order valence-electron chi connectivity index (χ2n) is 8.60. The Labute approximate surface area is 195 Å². The standard InChI is InChI=1S/C26H32N4O3/c31-23(29-19-17-28(18-20-29)22-11-5-2-6-12-22)14-15-27-26(33)25(21-9-3-1-4-10-21)30-16-8-7-13-24(30)32/h1-6,9-12,25H,7-8,13-20H2,(H,27,33). The summed E-state index contributed by atoms with van der Waals surface area (Å²) in [5.74, 6) is -0.163. The van der Waals surface area contributed by atoms with Gasteiger partial charge in [0.2, 0.25) is 17.7 Å². The van der Waals surface area contributed by atoms with Crippen LogP contribution in [0.4, 0.5) is 5.69 Å². The summed E-state index contributed by atoms with van der Waals surface area (Å²) in [6, 6.07) is 19.0. The van der Waals surface area contributed by atoms with E-state index in [9.17, 15) is 14.4 Å². The number of piperidine rings is 1. The Bertz CT molecular complexity index is 943. The van der Waals surface area contributed by atoms with Crippen molar-refractivity contribution in [2.24, 2.45) is 0 Å². The molecular weight excluding hydrogens is 416 g/mol. The number of hydrogen-bond donors (Lipinski definition) is 1. The summed E-state index contributed by atoms with van der Waals surface area (Å²) in [4.78, 5) is 44.2. The van der Waals surface area contributed by atoms with Gasteiger partial charge in [0.05, 0.1) is 0 Å². The van der Waals surface area contributed by atoms with Gasteiger partial charge in [0.15, 0.2) is 0 Å². The summed E-state index contributed by atoms with van der Waals surface area (Å²) in [6.45, 7) is 3.80. The van der Waals surface area contributed by atoms with Crippen LogP contribution in [0.25, 0.3) is 0 Å². The Hall–Kier alpha value is -3.35. The minimum atomic E-state index is -0.650. The average molecular weight is 449 g/mol. The number of anilines is 1. The molecule has 3 amide bonds. The molecule has 2 aromatic carbocycles. The number of nitrogens with zero attached hydrogens (tertiary/aromatic N) is 3. The summed E-state index contributed by atoms with van der Waals surface area (Å²) < 4.78 is 0. The SMILES string of the molecule is O=C(NCCC(=O)N1CCN(c2ccccc2)CC1)C(c1ccccc1)N1CCCCC1=O. The van der Waals surface area contributed by atoms with Crippen molar-refractivity contribution in [1.82, 2.24) is 15.1 Å². The van der Waals surface area contributed by atoms with Gasteiger partial charge < -0.3 is 20.0 Å². The Morgan fingerprint density at radius 3 is 2.18 bits per heavy atom. The van der Waals surface area contributed by atoms with Gasteiger partial charge in [0, 0.05) is 57.8 Å². The molecule has 2 aliphatic rings. The van der Waals surface area contributed by atoms with Crippen molar-refractivity contribution in [3.05, 3.63) is 66.2 Å². The van der Waals surface area contributed by atoms with Crippen molar-refractivity contribution >= 4 is 23.4 Å². The van der Waals surface area contributed by atoms with Crippen LogP contribution in [-0.2, 0) is 14.4 Å². The molecule has 174 valence electrons. The minimum Gasteiger partial charge on any atom is -0.368 e. The Kier molecular flexibility index (Phi) is 7.60. The van der Waals surface area contributed by atoms with Crippen molar-refractivity contribution in [2.75, 3.05) is 44.2 Å². The van der Waals surface area contributed by atoms with E-state index < -0.39 is 6.04 Å². The van der Waals surface area contributed by atoms with E-state index >= 15 is 0 Å². The van der Waals surface area contributed by atoms with E-state index in [-0.39, 0.29) is 30.7 Å². The number of piperazine rings is 1. The smallest absolute Gasteiger partial charge is 0.247 e. The number of para-hydroxylation sites is 1. The zero-order valence-electron chi connectivity index (χ0n) is 19.0. The molecule has 2 fully saturated rings. The van der Waals surface area contributed by atoms with E-state index in [0.717, 1.165) is 31.5 Å². The molecule has 2 aromatic rings. The molecule has 1 unspecified atom stereocenters. The first-order valence-electron chi connectivity index (χ1n) is 11.8. The van der Waals surface area contributed by atoms with Gasteiger partial charge in [-0.2, -0.15) is 0 Å². The summed E-state index contributed by atoms with van der Waals surface area (Å²) in [6.07, 6.45) is 2.50. The largest absolute Gasteiger partial charge is 0.368 e. The Morgan fingerprint density at radius 1 is 0.848 bits per heavy atom. The van der Waals surface area contributed by atoms with Crippen molar-refractivity contribution in [3.8, 4) is 0 Å². The van der Waals surface area contributed by atoms with Gasteiger partial charge >= 0.3 is 0 Å². The van der Waals surface area contributed by atoms with Gasteiger partial charge in [-0.3, -0.25) is 14.4 Å². The van der Waals surface area contributed by atoms with Gasteiger partial charge in [0.25, 0.3) is 0 Å². The highest BCUT2D eigenvalue weighted by molar-refractivity contribution is 5.89. The lowest BCUT2D eigenvalue weighted by molar-refractivity contribution is -0.143. The van der Waals surface area contributed by atoms with Crippen molar-refractivity contribution < 1.29 is 14.4 Å². The summed E-state index contributed by atoms with van der Waals surface area (Å²) in [5.41, 5.74) is 1.98. The van der Waals surface area contributed by atoms with Crippen LogP contribution in [0.5, 0.6) is 0 Å². The molecule has 2 heterocycles. The second kappa shape index (κ2) is 11.0. The molecule has 1 atom stereocenters. The molecule has 1 N–H and O–H groups in total. The van der Waals surface area contributed by atoms with Gasteiger partial charge in [-0.15, -0.1) is 0 Å². The molecule has 0 aromatic heterocycles. The molecular formula is C26H32N4O3. The third kappa shape index (κ3) is 5.72. The maximum Gasteiger partial charge on any atom is 0.247 e. The van der Waals surface area contributed by atoms with Crippen LogP contribution in [0.3, 0.4) is 0 Å². The summed E-state index contributed by atoms with van der Waals surface area (Å²) >= 11 is 0. The second-order valence-corrected chi connectivity index (χ2v) is 8.60. The number of benzene rings is 2. The molecule has 7 nitrogen and oxygen atoms in total. The highest BCUT2D eigenvalue weighted by Gasteiger charge is 2.32. The topological polar surface area (TPSA) is 73.0 Å². The van der Waals surface area contributed by atoms with Crippen LogP contribution in [0.15, 0.2) is 60.7 Å². The normalized spacial score (nSPS) is 17.6. The van der Waals surface area contributed by atoms with Gasteiger partial charge in [-0.25, -0.2) is 0 Å². The number of nitrogens with one attached hydrogen (secondary N) is 1. The van der Waals surface area contributed by atoms with Crippen LogP contribution >= 0.6 is 0 Å². The number of carbonyl (C=O) groups excluding carboxylic acids is 3. The van der Waals surface area contributed by atoms with E-state index in [0.29, 0.717) is 26.1 Å². The molecule has 0 spiro atoms. The third-order valence-corrected chi connectivity index (χ3v) is 6.43. The quantitative estimate of drug-likeness (QED) is 0.707. The first-order valence-corrected chi connectivity index (χ1v) is 11.8. The highest BCUT2D eigenvalue weighted by Crippen LogP contribution is 2.25. The zero-order chi connectivity index (χ0) is 23.0. The Morgan fingerprint density at radius 2 is 1.52 bits per heavy atom. The lowest BCUT2D eigenvalue weighted by Crippen LogP contribution is -2.49. The highest BCUT2D eigenvalue weighted by atomic mass is 16.2. The molecule has 2 aliphatic heterocycles. The van der Waals surface area contributed by atoms with E-state index in [2.05, 4.69) is 22.3 Å². The molecule has 0 aliphatic carbocycles. The third-order valence-electron chi connectivity index (χ3n) is 6.43. The van der Waals surface area contributed by atoms with E-state index in [1.54, 1.807) is 4.90 Å². The van der Waals surface area contributed by atoms with Gasteiger partial charge in [0.1, 0.15) is 6.04 Å². The van der Waals surface area contributed by atoms with Gasteiger partial charge in [-0.05, 0) is 30.5 Å². The molecule has 33 heavy (non-hydrogen) atoms. The van der Waals surface area contributed by atoms with E-state index in [1.807, 2.05) is 53.4 Å². The number of amides is 3. The number of likely N-dealkylation sites (tertiary alicyclic amines) is 1. The fraction of sp³-hybridized carbons (Fsp3) is 0.423. The molecule has 2 saturated heterocycles. The maximum absolute atomic E-state index is 13.1. The van der Waals surface area contributed by atoms with Crippen molar-refractivity contribution in [3.63, 3.8) is 0 Å². The van der Waals surface area contributed by atoms with E-state index in [1.165, 1.54) is 5.69 Å². The van der Waals surface area contributed by atoms with Crippen LogP contribution in [0, 0.1) is 0 Å². The summed E-state index contributed by atoms with van der Waals surface area (Å²) in [7, 11) is 0. The molecule has 4 rings (SSSR count). The van der Waals surface area contributed by atoms with Crippen LogP contribution in [0.1, 0.15) is 37.3 Å². The number of hydrogen-bond acceptors (Lipinski definition) is 4. The van der Waals surface area contributed by atoms with Crippen molar-refractivity contribution in [2.45, 2.75) is 31.7 Å². The Balaban J connectivity index is 1.29. The fourth-order valence-corrected chi connectivity index (χ4v) is 4.61. The fourth-order valence-electron chi connectivity index (χ4n) is 4.61. The lowest BCUT2D eigenvalue weighted by Gasteiger charge is -2.36. The summed E-state index contributed by atoms with van der Waals surface area (Å²) in [5, 5.41) is 2.91. The van der Waals surface area contributed by atoms with Crippen LogP contribution in [0.2, 0.25) is 0 Å². The first-order chi connectivity index (χ1) is 16.1. The molecule has 0 radical (unpaired) electrons. The zero-order valence-corrected chi connectivity index (χ0v) is 19.0. The minimum absolute atomic E-state index is 0.0117. The van der Waals surface area contributed by atoms with E-state index in [4.69, 9.17) is 0 Å². The number of carbonyl (C=O) groups is 3. The van der Waals surface area contributed by atoms with Gasteiger partial charge in [-0.1, -0.05) is 48.5 Å². The lowest BCUT2D eigenvalue weighted by atomic mass is 10.0. The van der Waals surface area contributed by atoms with Crippen LogP contribution < -0.4 is 10.2 Å². The predicted octanol–water partition coefficient (Wildman–Crippen LogP) is 2.60. The molecule has 0 bridgehead atoms. The molecule has 7 heteroatoms. The average Bonchev–Trinajstić information content (AvgIpc) is 2.86. The van der Waals surface area contributed by atoms with Crippen LogP contribution in [-0.4, -0.2) is 66.8 Å². The first kappa shape index (κ1) is 22.8. The maximum atomic E-state index is 13.1. The van der Waals surface area contributed by atoms with Crippen molar-refractivity contribution in [1.29, 1.82) is 0 Å². The molecule has 0 saturated carbocycles. The monoisotopic (exact) mass is 448 g/mol. The number of rotatable bonds is 7. The predicted molar refractivity (Wildman–Crippen MR) is 128 cm³/mol.